The van der Waals surface area contributed by atoms with E-state index in [0.717, 1.165) is 24.7 Å². The minimum absolute atomic E-state index is 0.0598. The minimum Gasteiger partial charge on any atom is -0.502 e. The van der Waals surface area contributed by atoms with Crippen molar-refractivity contribution in [3.8, 4) is 22.6 Å². The molecule has 0 aliphatic rings. The van der Waals surface area contributed by atoms with Crippen molar-refractivity contribution in [2.24, 2.45) is 5.84 Å². The van der Waals surface area contributed by atoms with E-state index in [2.05, 4.69) is 0 Å². The molecule has 0 saturated heterocycles. The maximum Gasteiger partial charge on any atom is 0.382 e. The summed E-state index contributed by atoms with van der Waals surface area (Å²) in [5.41, 5.74) is -0.819. The molecule has 4 N–H and O–H groups in total. The average Bonchev–Trinajstić information content (AvgIpc) is 3.27. The fourth-order valence-corrected chi connectivity index (χ4v) is 3.46. The molecule has 35 heavy (non-hydrogen) atoms. The fourth-order valence-electron chi connectivity index (χ4n) is 3.01. The number of hydrogen-bond acceptors (Lipinski definition) is 12. The van der Waals surface area contributed by atoms with E-state index in [1.165, 1.54) is 30.3 Å². The van der Waals surface area contributed by atoms with Crippen LogP contribution in [-0.2, 0) is 14.9 Å². The molecule has 182 valence electrons. The van der Waals surface area contributed by atoms with Gasteiger partial charge in [-0.25, -0.2) is 15.4 Å². The molecule has 0 saturated carbocycles. The smallest absolute Gasteiger partial charge is 0.382 e. The lowest BCUT2D eigenvalue weighted by atomic mass is 10.0. The van der Waals surface area contributed by atoms with Gasteiger partial charge in [-0.2, -0.15) is 8.42 Å². The largest absolute Gasteiger partial charge is 0.502 e. The zero-order valence-electron chi connectivity index (χ0n) is 17.6. The number of amides is 1. The Hall–Kier alpha value is -4.76. The number of benzene rings is 2. The number of nitro benzene ring substituents is 1. The Morgan fingerprint density at radius 1 is 1.14 bits per heavy atom. The summed E-state index contributed by atoms with van der Waals surface area (Å²) in [4.78, 5) is 47.6. The summed E-state index contributed by atoms with van der Waals surface area (Å²) in [6.07, 6.45) is 1.94. The lowest BCUT2D eigenvalue weighted by molar-refractivity contribution is -0.386. The van der Waals surface area contributed by atoms with Crippen LogP contribution in [0.25, 0.3) is 11.1 Å². The van der Waals surface area contributed by atoms with Gasteiger partial charge in [0.25, 0.3) is 5.91 Å². The predicted octanol–water partition coefficient (Wildman–Crippen LogP) is 1.50. The number of aromatic hydroxyl groups is 1. The minimum atomic E-state index is -3.83. The summed E-state index contributed by atoms with van der Waals surface area (Å²) in [5, 5.41) is 21.1. The molecule has 3 rings (SSSR count). The lowest BCUT2D eigenvalue weighted by Gasteiger charge is -2.09. The number of phenolic OH excluding ortho intramolecular Hbond substituents is 1. The van der Waals surface area contributed by atoms with Gasteiger partial charge in [-0.15, -0.1) is 0 Å². The predicted molar refractivity (Wildman–Crippen MR) is 116 cm³/mol. The second-order valence-electron chi connectivity index (χ2n) is 6.74. The van der Waals surface area contributed by atoms with Gasteiger partial charge in [0.05, 0.1) is 23.0 Å². The SMILES string of the molecule is CS(=O)(=O)Oc1cccc(-c2ccoc2C(=O)OC(=O)c2ccc(O)c([N+](=O)[O-])c2C(=O)NN)c1. The summed E-state index contributed by atoms with van der Waals surface area (Å²) in [7, 11) is -3.83. The van der Waals surface area contributed by atoms with Gasteiger partial charge in [-0.3, -0.25) is 20.3 Å². The molecule has 0 bridgehead atoms. The highest BCUT2D eigenvalue weighted by Gasteiger charge is 2.33. The molecule has 0 aliphatic heterocycles. The molecule has 2 aromatic carbocycles. The van der Waals surface area contributed by atoms with Crippen LogP contribution in [0.1, 0.15) is 31.3 Å². The molecule has 0 atom stereocenters. The van der Waals surface area contributed by atoms with E-state index in [0.29, 0.717) is 0 Å². The maximum atomic E-state index is 12.7. The Morgan fingerprint density at radius 3 is 2.49 bits per heavy atom. The number of nitrogens with zero attached hydrogens (tertiary/aromatic N) is 1. The van der Waals surface area contributed by atoms with Crippen molar-refractivity contribution >= 4 is 33.7 Å². The number of phenols is 1. The van der Waals surface area contributed by atoms with E-state index in [4.69, 9.17) is 19.2 Å². The van der Waals surface area contributed by atoms with Gasteiger partial charge >= 0.3 is 27.7 Å². The van der Waals surface area contributed by atoms with E-state index in [1.54, 1.807) is 5.43 Å². The molecule has 0 fully saturated rings. The molecule has 0 spiro atoms. The van der Waals surface area contributed by atoms with Crippen molar-refractivity contribution in [1.29, 1.82) is 0 Å². The van der Waals surface area contributed by atoms with Crippen molar-refractivity contribution in [1.82, 2.24) is 5.43 Å². The Bertz CT molecular complexity index is 1460. The zero-order valence-corrected chi connectivity index (χ0v) is 18.4. The normalized spacial score (nSPS) is 10.9. The van der Waals surface area contributed by atoms with Crippen LogP contribution in [0.2, 0.25) is 0 Å². The van der Waals surface area contributed by atoms with Crippen molar-refractivity contribution in [2.45, 2.75) is 0 Å². The second kappa shape index (κ2) is 9.62. The van der Waals surface area contributed by atoms with Crippen LogP contribution in [0.15, 0.2) is 53.1 Å². The van der Waals surface area contributed by atoms with Gasteiger partial charge in [0.1, 0.15) is 11.3 Å². The second-order valence-corrected chi connectivity index (χ2v) is 8.32. The number of nitro groups is 1. The molecule has 1 aromatic heterocycles. The number of ether oxygens (including phenoxy) is 1. The van der Waals surface area contributed by atoms with Gasteiger partial charge in [0.15, 0.2) is 5.75 Å². The maximum absolute atomic E-state index is 12.7. The molecule has 1 amide bonds. The number of esters is 2. The number of nitrogens with two attached hydrogens (primary N) is 1. The van der Waals surface area contributed by atoms with Gasteiger partial charge in [-0.05, 0) is 35.9 Å². The van der Waals surface area contributed by atoms with Gasteiger partial charge in [0.2, 0.25) is 5.76 Å². The van der Waals surface area contributed by atoms with E-state index in [9.17, 15) is 38.0 Å². The lowest BCUT2D eigenvalue weighted by Crippen LogP contribution is -2.32. The van der Waals surface area contributed by atoms with E-state index in [1.807, 2.05) is 0 Å². The number of hydrogen-bond donors (Lipinski definition) is 3. The molecule has 14 nitrogen and oxygen atoms in total. The van der Waals surface area contributed by atoms with Crippen molar-refractivity contribution in [2.75, 3.05) is 6.26 Å². The standard InChI is InChI=1S/C20H15N3O11S/c1-35(30,31)34-11-4-2-3-10(9-11)12-7-8-32-17(12)20(27)33-19(26)13-5-6-14(24)16(23(28)29)15(13)18(25)22-21/h2-9,24H,21H2,1H3,(H,22,25). The molecular formula is C20H15N3O11S. The third kappa shape index (κ3) is 5.43. The Morgan fingerprint density at radius 2 is 1.86 bits per heavy atom. The molecule has 0 radical (unpaired) electrons. The number of furan rings is 1. The van der Waals surface area contributed by atoms with Gasteiger partial charge in [-0.1, -0.05) is 12.1 Å². The number of carbonyl (C=O) groups excluding carboxylic acids is 3. The number of rotatable bonds is 7. The first kappa shape index (κ1) is 24.9. The molecule has 0 aliphatic carbocycles. The van der Waals surface area contributed by atoms with Crippen LogP contribution in [0.3, 0.4) is 0 Å². The Balaban J connectivity index is 1.95. The highest BCUT2D eigenvalue weighted by atomic mass is 32.2. The highest BCUT2D eigenvalue weighted by Crippen LogP contribution is 2.33. The molecule has 0 unspecified atom stereocenters. The number of nitrogen functional groups attached to an aromatic ring is 1. The number of carbonyl (C=O) groups is 3. The van der Waals surface area contributed by atoms with Crippen molar-refractivity contribution in [3.63, 3.8) is 0 Å². The third-order valence-corrected chi connectivity index (χ3v) is 4.84. The summed E-state index contributed by atoms with van der Waals surface area (Å²) < 4.78 is 37.4. The molecule has 3 aromatic rings. The molecular weight excluding hydrogens is 490 g/mol. The highest BCUT2D eigenvalue weighted by molar-refractivity contribution is 7.86. The fraction of sp³-hybridized carbons (Fsp3) is 0.0500. The topological polar surface area (TPSA) is 218 Å². The third-order valence-electron chi connectivity index (χ3n) is 4.35. The van der Waals surface area contributed by atoms with Gasteiger partial charge in [0, 0.05) is 5.56 Å². The number of hydrazine groups is 1. The first-order valence-corrected chi connectivity index (χ1v) is 11.1. The number of nitrogens with one attached hydrogen (secondary N) is 1. The van der Waals surface area contributed by atoms with Crippen LogP contribution in [0, 0.1) is 10.1 Å². The molecule has 15 heteroatoms. The van der Waals surface area contributed by atoms with Crippen LogP contribution in [0.4, 0.5) is 5.69 Å². The Labute approximate surface area is 196 Å². The van der Waals surface area contributed by atoms with E-state index < -0.39 is 61.2 Å². The average molecular weight is 505 g/mol. The van der Waals surface area contributed by atoms with Crippen LogP contribution < -0.4 is 15.5 Å². The van der Waals surface area contributed by atoms with E-state index in [-0.39, 0.29) is 16.9 Å². The first-order chi connectivity index (χ1) is 16.4. The summed E-state index contributed by atoms with van der Waals surface area (Å²) in [6, 6.07) is 8.50. The summed E-state index contributed by atoms with van der Waals surface area (Å²) in [5.74, 6) is -0.559. The summed E-state index contributed by atoms with van der Waals surface area (Å²) >= 11 is 0. The molecule has 1 heterocycles. The van der Waals surface area contributed by atoms with Crippen molar-refractivity contribution in [3.05, 3.63) is 75.7 Å². The van der Waals surface area contributed by atoms with Crippen LogP contribution in [-0.4, -0.2) is 42.5 Å². The van der Waals surface area contributed by atoms with Crippen molar-refractivity contribution < 1.29 is 46.2 Å². The van der Waals surface area contributed by atoms with Gasteiger partial charge < -0.3 is 18.4 Å². The van der Waals surface area contributed by atoms with E-state index >= 15 is 0 Å². The quantitative estimate of drug-likeness (QED) is 0.0791. The summed E-state index contributed by atoms with van der Waals surface area (Å²) in [6.45, 7) is 0. The van der Waals surface area contributed by atoms with Crippen LogP contribution >= 0.6 is 0 Å². The zero-order chi connectivity index (χ0) is 25.9. The monoisotopic (exact) mass is 505 g/mol. The first-order valence-electron chi connectivity index (χ1n) is 9.28. The van der Waals surface area contributed by atoms with Crippen LogP contribution in [0.5, 0.6) is 11.5 Å². The Kier molecular flexibility index (Phi) is 6.84.